The minimum Gasteiger partial charge on any atom is -0.131 e. The van der Waals surface area contributed by atoms with Crippen LogP contribution in [0.15, 0.2) is 0 Å². The van der Waals surface area contributed by atoms with Crippen LogP contribution in [-0.4, -0.2) is 49.5 Å². The van der Waals surface area contributed by atoms with Gasteiger partial charge < -0.3 is 0 Å². The van der Waals surface area contributed by atoms with Gasteiger partial charge in [0, 0.05) is 35.4 Å². The minimum atomic E-state index is -2.25. The van der Waals surface area contributed by atoms with E-state index in [9.17, 15) is 0 Å². The van der Waals surface area contributed by atoms with Gasteiger partial charge in [-0.2, -0.15) is 0 Å². The maximum Gasteiger partial charge on any atom is 0.315 e. The Morgan fingerprint density at radius 3 is 2.00 bits per heavy atom. The van der Waals surface area contributed by atoms with Gasteiger partial charge in [0.1, 0.15) is 0 Å². The summed E-state index contributed by atoms with van der Waals surface area (Å²) < 4.78 is 0. The van der Waals surface area contributed by atoms with Crippen molar-refractivity contribution >= 4 is 82.7 Å². The number of hydrogen-bond donors (Lipinski definition) is 0. The highest BCUT2D eigenvalue weighted by Gasteiger charge is 2.24. The molecular formula is Cl3Si6. The van der Waals surface area contributed by atoms with Gasteiger partial charge in [-0.15, -0.1) is 33.2 Å². The third-order valence-corrected chi connectivity index (χ3v) is 26.7. The standard InChI is InChI=1S/Cl3Si6/c1-9(2,3)8-7-6-5-4. The van der Waals surface area contributed by atoms with E-state index in [2.05, 4.69) is 9.76 Å². The summed E-state index contributed by atoms with van der Waals surface area (Å²) >= 11 is 16.9. The smallest absolute Gasteiger partial charge is 0.131 e. The summed E-state index contributed by atoms with van der Waals surface area (Å²) in [6.07, 6.45) is 0. The summed E-state index contributed by atoms with van der Waals surface area (Å²) in [7, 11) is 6.66. The van der Waals surface area contributed by atoms with Crippen molar-refractivity contribution in [3.05, 3.63) is 0 Å². The fraction of sp³-hybridized carbons (Fsp3) is 0. The van der Waals surface area contributed by atoms with Gasteiger partial charge in [-0.1, -0.05) is 0 Å². The van der Waals surface area contributed by atoms with Crippen molar-refractivity contribution in [2.45, 2.75) is 0 Å². The highest BCUT2D eigenvalue weighted by atomic mass is 35.8. The Hall–Kier alpha value is 2.17. The predicted octanol–water partition coefficient (Wildman–Crippen LogP) is -0.216. The maximum atomic E-state index is 5.65. The molecule has 9 heteroatoms. The largest absolute Gasteiger partial charge is 0.315 e. The van der Waals surface area contributed by atoms with Gasteiger partial charge >= 0.3 is 5.52 Å². The molecule has 0 spiro atoms. The van der Waals surface area contributed by atoms with Crippen LogP contribution in [0.1, 0.15) is 0 Å². The van der Waals surface area contributed by atoms with E-state index in [1.165, 1.54) is 0 Å². The molecule has 0 aromatic carbocycles. The Bertz CT molecular complexity index is 65.2. The van der Waals surface area contributed by atoms with E-state index in [4.69, 9.17) is 33.2 Å². The molecule has 11 radical (unpaired) electrons. The molecule has 0 rings (SSSR count). The fourth-order valence-electron chi connectivity index (χ4n) is 0.133. The van der Waals surface area contributed by atoms with Crippen LogP contribution in [0.4, 0.5) is 0 Å². The van der Waals surface area contributed by atoms with E-state index in [-0.39, 0.29) is 0 Å². The van der Waals surface area contributed by atoms with Crippen molar-refractivity contribution in [2.24, 2.45) is 0 Å². The van der Waals surface area contributed by atoms with Crippen LogP contribution in [0.3, 0.4) is 0 Å². The lowest BCUT2D eigenvalue weighted by atomic mass is 26.3. The first-order valence-electron chi connectivity index (χ1n) is 1.82. The molecule has 0 unspecified atom stereocenters. The maximum absolute atomic E-state index is 5.65. The molecule has 0 bridgehead atoms. The Kier molecular flexibility index (Phi) is 7.17. The molecule has 0 saturated carbocycles. The highest BCUT2D eigenvalue weighted by molar-refractivity contribution is 7.90. The zero-order valence-electron chi connectivity index (χ0n) is 4.13. The van der Waals surface area contributed by atoms with E-state index in [0.717, 1.165) is 25.7 Å². The number of hydrogen-bond acceptors (Lipinski definition) is 0. The van der Waals surface area contributed by atoms with Gasteiger partial charge in [0.25, 0.3) is 0 Å². The normalized spacial score (nSPS) is 12.0. The Balaban J connectivity index is 3.07. The van der Waals surface area contributed by atoms with Crippen LogP contribution in [0.2, 0.25) is 0 Å². The van der Waals surface area contributed by atoms with Gasteiger partial charge in [0.2, 0.25) is 0 Å². The average Bonchev–Trinajstić information content (AvgIpc) is 1.63. The monoisotopic (exact) mass is 273 g/mol. The van der Waals surface area contributed by atoms with E-state index in [1.807, 2.05) is 0 Å². The quantitative estimate of drug-likeness (QED) is 0.378. The van der Waals surface area contributed by atoms with Crippen LogP contribution in [0, 0.1) is 0 Å². The first-order chi connectivity index (χ1) is 4.06. The molecule has 9 heavy (non-hydrogen) atoms. The summed E-state index contributed by atoms with van der Waals surface area (Å²) in [6, 6.07) is 0. The Labute approximate surface area is 82.2 Å². The lowest BCUT2D eigenvalue weighted by Crippen LogP contribution is -2.32. The lowest BCUT2D eigenvalue weighted by molar-refractivity contribution is 3.66. The van der Waals surface area contributed by atoms with E-state index in [1.54, 1.807) is 0 Å². The highest BCUT2D eigenvalue weighted by Crippen LogP contribution is 2.16. The molecular weight excluding hydrogens is 275 g/mol. The van der Waals surface area contributed by atoms with Crippen LogP contribution < -0.4 is 0 Å². The van der Waals surface area contributed by atoms with Crippen LogP contribution in [0.5, 0.6) is 0 Å². The topological polar surface area (TPSA) is 0 Å². The molecule has 0 saturated heterocycles. The molecule has 0 aliphatic heterocycles. The lowest BCUT2D eigenvalue weighted by Gasteiger charge is -2.02. The second kappa shape index (κ2) is 5.78. The average molecular weight is 275 g/mol. The van der Waals surface area contributed by atoms with Crippen molar-refractivity contribution in [1.82, 2.24) is 0 Å². The second-order valence-corrected chi connectivity index (χ2v) is 26.9. The molecule has 0 aromatic heterocycles. The minimum absolute atomic E-state index is 0.600. The van der Waals surface area contributed by atoms with Crippen molar-refractivity contribution in [3.8, 4) is 0 Å². The molecule has 0 aliphatic rings. The van der Waals surface area contributed by atoms with Gasteiger partial charge in [-0.05, 0) is 0 Å². The van der Waals surface area contributed by atoms with Gasteiger partial charge in [-0.3, -0.25) is 0 Å². The molecule has 0 heterocycles. The van der Waals surface area contributed by atoms with E-state index < -0.39 is 5.52 Å². The zero-order chi connectivity index (χ0) is 7.33. The van der Waals surface area contributed by atoms with Crippen LogP contribution in [0.25, 0.3) is 0 Å². The number of rotatable bonds is 4. The molecule has 0 fully saturated rings. The molecule has 0 nitrogen and oxygen atoms in total. The molecule has 0 amide bonds. The molecule has 0 atom stereocenters. The predicted molar refractivity (Wildman–Crippen MR) is 52.1 cm³/mol. The van der Waals surface area contributed by atoms with Crippen molar-refractivity contribution in [2.75, 3.05) is 0 Å². The second-order valence-electron chi connectivity index (χ2n) is 0.998. The SMILES string of the molecule is [Si][Si][Si][Si][Si][Si](Cl)(Cl)Cl. The van der Waals surface area contributed by atoms with E-state index >= 15 is 0 Å². The fourth-order valence-corrected chi connectivity index (χ4v) is 32.4. The molecule has 45 valence electrons. The summed E-state index contributed by atoms with van der Waals surface area (Å²) in [5.41, 5.74) is -2.25. The van der Waals surface area contributed by atoms with Crippen molar-refractivity contribution in [3.63, 3.8) is 0 Å². The zero-order valence-corrected chi connectivity index (χ0v) is 12.4. The van der Waals surface area contributed by atoms with Crippen molar-refractivity contribution in [1.29, 1.82) is 0 Å². The van der Waals surface area contributed by atoms with Gasteiger partial charge in [0.05, 0.1) is 8.55 Å². The summed E-state index contributed by atoms with van der Waals surface area (Å²) in [6.45, 7) is 0. The first-order valence-corrected chi connectivity index (χ1v) is 16.4. The van der Waals surface area contributed by atoms with Crippen LogP contribution in [-0.2, 0) is 0 Å². The van der Waals surface area contributed by atoms with E-state index in [0.29, 0.717) is 8.55 Å². The van der Waals surface area contributed by atoms with Gasteiger partial charge in [-0.25, -0.2) is 0 Å². The third-order valence-electron chi connectivity index (χ3n) is 0.329. The van der Waals surface area contributed by atoms with Crippen molar-refractivity contribution < 1.29 is 0 Å². The number of halogens is 3. The molecule has 0 aromatic rings. The molecule has 0 aliphatic carbocycles. The Morgan fingerprint density at radius 2 is 1.67 bits per heavy atom. The summed E-state index contributed by atoms with van der Waals surface area (Å²) in [5.74, 6) is 0. The molecule has 0 N–H and O–H groups in total. The third kappa shape index (κ3) is 10.2. The summed E-state index contributed by atoms with van der Waals surface area (Å²) in [5, 5.41) is 0. The first kappa shape index (κ1) is 11.2. The van der Waals surface area contributed by atoms with Gasteiger partial charge in [0.15, 0.2) is 0 Å². The Morgan fingerprint density at radius 1 is 1.11 bits per heavy atom. The van der Waals surface area contributed by atoms with Crippen LogP contribution >= 0.6 is 33.2 Å². The summed E-state index contributed by atoms with van der Waals surface area (Å²) in [4.78, 5) is 0.